The number of hydrogen-bond acceptors (Lipinski definition) is 7. The third-order valence-corrected chi connectivity index (χ3v) is 6.14. The minimum absolute atomic E-state index is 0.0234. The molecule has 0 radical (unpaired) electrons. The third-order valence-electron chi connectivity index (χ3n) is 5.41. The highest BCUT2D eigenvalue weighted by atomic mass is 35.5. The van der Waals surface area contributed by atoms with Crippen molar-refractivity contribution in [1.29, 1.82) is 0 Å². The molecule has 1 aliphatic heterocycles. The zero-order valence-corrected chi connectivity index (χ0v) is 18.8. The van der Waals surface area contributed by atoms with Crippen molar-refractivity contribution in [2.24, 2.45) is 5.73 Å². The smallest absolute Gasteiger partial charge is 0.234 e. The number of halogens is 2. The van der Waals surface area contributed by atoms with E-state index in [1.54, 1.807) is 36.4 Å². The number of amides is 2. The number of likely N-dealkylation sites (tertiary alicyclic amines) is 1. The number of ketones is 4. The van der Waals surface area contributed by atoms with E-state index in [4.69, 9.17) is 28.9 Å². The monoisotopic (exact) mass is 496 g/mol. The first-order chi connectivity index (χ1) is 16.1. The van der Waals surface area contributed by atoms with Crippen LogP contribution in [0, 0.1) is 0 Å². The van der Waals surface area contributed by atoms with Gasteiger partial charge in [0.05, 0.1) is 0 Å². The number of benzene rings is 2. The molecule has 10 heteroatoms. The van der Waals surface area contributed by atoms with E-state index in [1.165, 1.54) is 12.1 Å². The van der Waals surface area contributed by atoms with Crippen molar-refractivity contribution in [1.82, 2.24) is 4.90 Å². The summed E-state index contributed by atoms with van der Waals surface area (Å²) in [6.45, 7) is 0. The molecule has 2 amide bonds. The molecule has 0 bridgehead atoms. The van der Waals surface area contributed by atoms with Gasteiger partial charge in [-0.25, -0.2) is 4.90 Å². The highest BCUT2D eigenvalue weighted by molar-refractivity contribution is 6.51. The Morgan fingerprint density at radius 2 is 0.971 bits per heavy atom. The van der Waals surface area contributed by atoms with E-state index in [1.807, 2.05) is 0 Å². The summed E-state index contributed by atoms with van der Waals surface area (Å²) in [5.74, 6) is -2.92. The van der Waals surface area contributed by atoms with Gasteiger partial charge in [0.15, 0.2) is 0 Å². The van der Waals surface area contributed by atoms with Gasteiger partial charge in [-0.2, -0.15) is 0 Å². The van der Waals surface area contributed by atoms with Gasteiger partial charge in [0.1, 0.15) is 21.5 Å². The number of nitrogens with two attached hydrogens (primary N) is 1. The number of Topliss-reactive ketones (excluding diaryl/α,β-unsaturated/α-hetero) is 4. The van der Waals surface area contributed by atoms with Crippen LogP contribution >= 0.6 is 23.2 Å². The van der Waals surface area contributed by atoms with Crippen LogP contribution in [0.5, 0.6) is 0 Å². The average molecular weight is 497 g/mol. The lowest BCUT2D eigenvalue weighted by Crippen LogP contribution is -2.36. The van der Waals surface area contributed by atoms with Crippen LogP contribution in [0.2, 0.25) is 0 Å². The van der Waals surface area contributed by atoms with Crippen LogP contribution in [0.15, 0.2) is 70.0 Å². The molecule has 1 fully saturated rings. The van der Waals surface area contributed by atoms with E-state index in [9.17, 15) is 28.8 Å². The van der Waals surface area contributed by atoms with Crippen LogP contribution in [-0.2, 0) is 9.59 Å². The van der Waals surface area contributed by atoms with E-state index in [0.717, 1.165) is 4.90 Å². The number of hydrogen-bond donors (Lipinski definition) is 1. The molecule has 5 rings (SSSR count). The van der Waals surface area contributed by atoms with Gasteiger partial charge in [-0.3, -0.25) is 28.8 Å². The molecule has 34 heavy (non-hydrogen) atoms. The van der Waals surface area contributed by atoms with Crippen LogP contribution in [0.1, 0.15) is 54.3 Å². The number of carbonyl (C=O) groups excluding carboxylic acids is 6. The molecule has 170 valence electrons. The molecule has 0 atom stereocenters. The zero-order chi connectivity index (χ0) is 24.7. The second-order valence-electron chi connectivity index (χ2n) is 7.42. The molecule has 2 N–H and O–H groups in total. The number of rotatable bonds is 1. The van der Waals surface area contributed by atoms with Gasteiger partial charge in [-0.1, -0.05) is 71.7 Å². The first kappa shape index (κ1) is 23.3. The second kappa shape index (κ2) is 8.81. The summed E-state index contributed by atoms with van der Waals surface area (Å²) in [6.07, 6.45) is 0.0469. The van der Waals surface area contributed by atoms with Crippen molar-refractivity contribution < 1.29 is 28.8 Å². The zero-order valence-electron chi connectivity index (χ0n) is 17.3. The highest BCUT2D eigenvalue weighted by Gasteiger charge is 2.41. The Labute approximate surface area is 202 Å². The van der Waals surface area contributed by atoms with Gasteiger partial charge >= 0.3 is 0 Å². The molecule has 0 spiro atoms. The van der Waals surface area contributed by atoms with Gasteiger partial charge < -0.3 is 5.73 Å². The van der Waals surface area contributed by atoms with Gasteiger partial charge in [-0.15, -0.1) is 0 Å². The average Bonchev–Trinajstić information content (AvgIpc) is 3.18. The van der Waals surface area contributed by atoms with Crippen LogP contribution in [-0.4, -0.2) is 39.8 Å². The largest absolute Gasteiger partial charge is 0.394 e. The van der Waals surface area contributed by atoms with Gasteiger partial charge in [0, 0.05) is 35.1 Å². The maximum absolute atomic E-state index is 12.4. The highest BCUT2D eigenvalue weighted by Crippen LogP contribution is 2.33. The molecule has 8 nitrogen and oxygen atoms in total. The van der Waals surface area contributed by atoms with Crippen LogP contribution < -0.4 is 5.73 Å². The number of nitrogens with zero attached hydrogens (tertiary/aromatic N) is 1. The molecule has 0 saturated carbocycles. The normalized spacial score (nSPS) is 17.6. The minimum Gasteiger partial charge on any atom is -0.394 e. The lowest BCUT2D eigenvalue weighted by molar-refractivity contribution is -0.135. The summed E-state index contributed by atoms with van der Waals surface area (Å²) in [4.78, 5) is 71.9. The lowest BCUT2D eigenvalue weighted by Gasteiger charge is -2.23. The van der Waals surface area contributed by atoms with Crippen molar-refractivity contribution in [3.63, 3.8) is 0 Å². The van der Waals surface area contributed by atoms with Crippen LogP contribution in [0.4, 0.5) is 0 Å². The Hall–Kier alpha value is -3.88. The van der Waals surface area contributed by atoms with E-state index in [-0.39, 0.29) is 57.0 Å². The Bertz CT molecular complexity index is 1350. The number of carbonyl (C=O) groups is 6. The van der Waals surface area contributed by atoms with Crippen LogP contribution in [0.25, 0.3) is 0 Å². The molecule has 3 aliphatic rings. The van der Waals surface area contributed by atoms with Crippen molar-refractivity contribution >= 4 is 58.1 Å². The maximum atomic E-state index is 12.4. The SMILES string of the molecule is NC1=C(Cl)C(=O)c2ccccc2C1=O.O=C1C(Cl)=C(N2C(=O)CCC2=O)C(=O)c2ccccc21. The predicted molar refractivity (Wildman–Crippen MR) is 121 cm³/mol. The first-order valence-electron chi connectivity index (χ1n) is 9.92. The number of allylic oxidation sites excluding steroid dienone is 4. The molecule has 1 heterocycles. The van der Waals surface area contributed by atoms with Gasteiger partial charge in [0.25, 0.3) is 0 Å². The van der Waals surface area contributed by atoms with Crippen molar-refractivity contribution in [3.05, 3.63) is 92.2 Å². The minimum atomic E-state index is -0.575. The molecule has 0 aromatic heterocycles. The molecule has 2 aliphatic carbocycles. The van der Waals surface area contributed by atoms with Crippen LogP contribution in [0.3, 0.4) is 0 Å². The summed E-state index contributed by atoms with van der Waals surface area (Å²) in [7, 11) is 0. The van der Waals surface area contributed by atoms with E-state index < -0.39 is 23.4 Å². The third kappa shape index (κ3) is 3.67. The fraction of sp³-hybridized carbons (Fsp3) is 0.0833. The summed E-state index contributed by atoms with van der Waals surface area (Å²) >= 11 is 11.6. The Morgan fingerprint density at radius 1 is 0.588 bits per heavy atom. The Morgan fingerprint density at radius 3 is 1.44 bits per heavy atom. The fourth-order valence-electron chi connectivity index (χ4n) is 3.72. The quantitative estimate of drug-likeness (QED) is 0.599. The van der Waals surface area contributed by atoms with E-state index in [0.29, 0.717) is 11.1 Å². The Balaban J connectivity index is 0.000000172. The molecular weight excluding hydrogens is 483 g/mol. The summed E-state index contributed by atoms with van der Waals surface area (Å²) in [5.41, 5.74) is 5.89. The molecule has 1 saturated heterocycles. The predicted octanol–water partition coefficient (Wildman–Crippen LogP) is 3.14. The summed E-state index contributed by atoms with van der Waals surface area (Å²) in [5, 5.41) is -0.564. The van der Waals surface area contributed by atoms with E-state index in [2.05, 4.69) is 0 Å². The van der Waals surface area contributed by atoms with Gasteiger partial charge in [-0.05, 0) is 0 Å². The number of imide groups is 1. The van der Waals surface area contributed by atoms with Gasteiger partial charge in [0.2, 0.25) is 34.9 Å². The molecule has 2 aromatic carbocycles. The fourth-order valence-corrected chi connectivity index (χ4v) is 4.18. The lowest BCUT2D eigenvalue weighted by atomic mass is 9.92. The van der Waals surface area contributed by atoms with Crippen molar-refractivity contribution in [2.45, 2.75) is 12.8 Å². The molecule has 2 aromatic rings. The standard InChI is InChI=1S/C14H8ClNO4.C10H6ClNO2/c15-11-12(16-9(17)5-6-10(16)18)14(20)8-4-2-1-3-7(8)13(11)19;11-7-8(12)10(14)6-4-2-1-3-5(6)9(7)13/h1-4H,5-6H2;1-4H,12H2. The van der Waals surface area contributed by atoms with Crippen molar-refractivity contribution in [3.8, 4) is 0 Å². The first-order valence-corrected chi connectivity index (χ1v) is 10.7. The molecular formula is C24H14Cl2N2O6. The van der Waals surface area contributed by atoms with Crippen molar-refractivity contribution in [2.75, 3.05) is 0 Å². The maximum Gasteiger partial charge on any atom is 0.234 e. The molecule has 0 unspecified atom stereocenters. The second-order valence-corrected chi connectivity index (χ2v) is 8.18. The number of fused-ring (bicyclic) bond motifs is 2. The Kier molecular flexibility index (Phi) is 6.03. The summed E-state index contributed by atoms with van der Waals surface area (Å²) < 4.78 is 0. The van der Waals surface area contributed by atoms with E-state index >= 15 is 0 Å². The summed E-state index contributed by atoms with van der Waals surface area (Å²) in [6, 6.07) is 12.7. The topological polar surface area (TPSA) is 132 Å².